The zero-order valence-corrected chi connectivity index (χ0v) is 11.9. The molecule has 1 atom stereocenters. The molecular formula is C17H20O3. The molecule has 0 N–H and O–H groups in total. The van der Waals surface area contributed by atoms with Crippen LogP contribution in [-0.2, 0) is 11.3 Å². The number of hydrogen-bond acceptors (Lipinski definition) is 3. The Kier molecular flexibility index (Phi) is 5.44. The molecular weight excluding hydrogens is 252 g/mol. The first-order valence-corrected chi connectivity index (χ1v) is 6.70. The van der Waals surface area contributed by atoms with E-state index in [4.69, 9.17) is 14.2 Å². The maximum absolute atomic E-state index is 5.76. The predicted octanol–water partition coefficient (Wildman–Crippen LogP) is 3.68. The van der Waals surface area contributed by atoms with Gasteiger partial charge in [0.15, 0.2) is 0 Å². The van der Waals surface area contributed by atoms with Gasteiger partial charge in [0.25, 0.3) is 0 Å². The molecule has 0 saturated carbocycles. The van der Waals surface area contributed by atoms with Crippen LogP contribution in [0.15, 0.2) is 54.6 Å². The second kappa shape index (κ2) is 7.56. The van der Waals surface area contributed by atoms with Crippen LogP contribution in [0.2, 0.25) is 0 Å². The lowest BCUT2D eigenvalue weighted by molar-refractivity contribution is 0.0918. The molecule has 106 valence electrons. The summed E-state index contributed by atoms with van der Waals surface area (Å²) in [5, 5.41) is 0. The SMILES string of the molecule is COC[C@H](C)Oc1cccc(OCc2ccccc2)c1. The van der Waals surface area contributed by atoms with Gasteiger partial charge in [0.1, 0.15) is 24.2 Å². The smallest absolute Gasteiger partial charge is 0.123 e. The van der Waals surface area contributed by atoms with Crippen LogP contribution in [0.5, 0.6) is 11.5 Å². The largest absolute Gasteiger partial charge is 0.489 e. The molecule has 0 radical (unpaired) electrons. The van der Waals surface area contributed by atoms with Crippen LogP contribution < -0.4 is 9.47 Å². The number of hydrogen-bond donors (Lipinski definition) is 0. The lowest BCUT2D eigenvalue weighted by atomic mass is 10.2. The van der Waals surface area contributed by atoms with Gasteiger partial charge < -0.3 is 14.2 Å². The summed E-state index contributed by atoms with van der Waals surface area (Å²) in [7, 11) is 1.67. The molecule has 0 aliphatic carbocycles. The van der Waals surface area contributed by atoms with Crippen molar-refractivity contribution in [3.8, 4) is 11.5 Å². The van der Waals surface area contributed by atoms with Gasteiger partial charge in [0.2, 0.25) is 0 Å². The molecule has 0 aliphatic rings. The fourth-order valence-corrected chi connectivity index (χ4v) is 1.88. The van der Waals surface area contributed by atoms with Crippen molar-refractivity contribution in [1.82, 2.24) is 0 Å². The maximum atomic E-state index is 5.76. The molecule has 20 heavy (non-hydrogen) atoms. The van der Waals surface area contributed by atoms with E-state index in [0.29, 0.717) is 13.2 Å². The summed E-state index contributed by atoms with van der Waals surface area (Å²) in [4.78, 5) is 0. The third-order valence-electron chi connectivity index (χ3n) is 2.79. The Balaban J connectivity index is 1.92. The van der Waals surface area contributed by atoms with Crippen molar-refractivity contribution >= 4 is 0 Å². The summed E-state index contributed by atoms with van der Waals surface area (Å²) in [6.45, 7) is 3.09. The van der Waals surface area contributed by atoms with Crippen LogP contribution in [0.3, 0.4) is 0 Å². The molecule has 0 saturated heterocycles. The highest BCUT2D eigenvalue weighted by Crippen LogP contribution is 2.21. The molecule has 0 fully saturated rings. The molecule has 0 bridgehead atoms. The van der Waals surface area contributed by atoms with Gasteiger partial charge in [-0.05, 0) is 24.6 Å². The highest BCUT2D eigenvalue weighted by molar-refractivity contribution is 5.33. The summed E-state index contributed by atoms with van der Waals surface area (Å²) in [5.41, 5.74) is 1.14. The van der Waals surface area contributed by atoms with E-state index >= 15 is 0 Å². The Morgan fingerprint density at radius 3 is 2.45 bits per heavy atom. The average Bonchev–Trinajstić information content (AvgIpc) is 2.47. The first kappa shape index (κ1) is 14.4. The Bertz CT molecular complexity index is 511. The number of methoxy groups -OCH3 is 1. The average molecular weight is 272 g/mol. The number of rotatable bonds is 7. The van der Waals surface area contributed by atoms with Crippen LogP contribution in [0.4, 0.5) is 0 Å². The van der Waals surface area contributed by atoms with Gasteiger partial charge >= 0.3 is 0 Å². The highest BCUT2D eigenvalue weighted by atomic mass is 16.5. The van der Waals surface area contributed by atoms with Gasteiger partial charge in [0.05, 0.1) is 6.61 Å². The van der Waals surface area contributed by atoms with Crippen molar-refractivity contribution in [3.63, 3.8) is 0 Å². The third kappa shape index (κ3) is 4.59. The van der Waals surface area contributed by atoms with Crippen molar-refractivity contribution < 1.29 is 14.2 Å². The van der Waals surface area contributed by atoms with E-state index < -0.39 is 0 Å². The first-order chi connectivity index (χ1) is 9.78. The molecule has 2 aromatic carbocycles. The van der Waals surface area contributed by atoms with E-state index in [-0.39, 0.29) is 6.10 Å². The zero-order chi connectivity index (χ0) is 14.2. The number of benzene rings is 2. The van der Waals surface area contributed by atoms with E-state index in [1.807, 2.05) is 61.5 Å². The normalized spacial score (nSPS) is 11.9. The van der Waals surface area contributed by atoms with Crippen molar-refractivity contribution in [2.24, 2.45) is 0 Å². The van der Waals surface area contributed by atoms with Gasteiger partial charge in [0, 0.05) is 13.2 Å². The van der Waals surface area contributed by atoms with Gasteiger partial charge in [-0.3, -0.25) is 0 Å². The first-order valence-electron chi connectivity index (χ1n) is 6.70. The minimum atomic E-state index is 0.0179. The third-order valence-corrected chi connectivity index (χ3v) is 2.79. The lowest BCUT2D eigenvalue weighted by Gasteiger charge is -2.14. The topological polar surface area (TPSA) is 27.7 Å². The van der Waals surface area contributed by atoms with Crippen LogP contribution >= 0.6 is 0 Å². The van der Waals surface area contributed by atoms with Crippen molar-refractivity contribution in [1.29, 1.82) is 0 Å². The van der Waals surface area contributed by atoms with Gasteiger partial charge in [-0.2, -0.15) is 0 Å². The van der Waals surface area contributed by atoms with E-state index in [1.165, 1.54) is 0 Å². The summed E-state index contributed by atoms with van der Waals surface area (Å²) in [6.07, 6.45) is 0.0179. The number of ether oxygens (including phenoxy) is 3. The molecule has 0 spiro atoms. The highest BCUT2D eigenvalue weighted by Gasteiger charge is 2.04. The fourth-order valence-electron chi connectivity index (χ4n) is 1.88. The zero-order valence-electron chi connectivity index (χ0n) is 11.9. The maximum Gasteiger partial charge on any atom is 0.123 e. The second-order valence-electron chi connectivity index (χ2n) is 4.63. The Hall–Kier alpha value is -2.00. The Morgan fingerprint density at radius 2 is 1.70 bits per heavy atom. The molecule has 0 amide bonds. The molecule has 0 aromatic heterocycles. The Labute approximate surface area is 120 Å². The van der Waals surface area contributed by atoms with Crippen LogP contribution in [0.1, 0.15) is 12.5 Å². The second-order valence-corrected chi connectivity index (χ2v) is 4.63. The Morgan fingerprint density at radius 1 is 0.950 bits per heavy atom. The fraction of sp³-hybridized carbons (Fsp3) is 0.294. The lowest BCUT2D eigenvalue weighted by Crippen LogP contribution is -2.17. The molecule has 3 heteroatoms. The summed E-state index contributed by atoms with van der Waals surface area (Å²) in [5.74, 6) is 1.59. The minimum Gasteiger partial charge on any atom is -0.489 e. The van der Waals surface area contributed by atoms with Crippen LogP contribution in [0.25, 0.3) is 0 Å². The molecule has 2 rings (SSSR count). The van der Waals surface area contributed by atoms with Gasteiger partial charge in [-0.1, -0.05) is 36.4 Å². The van der Waals surface area contributed by atoms with Crippen LogP contribution in [0, 0.1) is 0 Å². The van der Waals surface area contributed by atoms with Gasteiger partial charge in [-0.25, -0.2) is 0 Å². The molecule has 0 heterocycles. The van der Waals surface area contributed by atoms with E-state index in [2.05, 4.69) is 0 Å². The van der Waals surface area contributed by atoms with E-state index in [0.717, 1.165) is 17.1 Å². The summed E-state index contributed by atoms with van der Waals surface area (Å²) < 4.78 is 16.6. The molecule has 3 nitrogen and oxygen atoms in total. The van der Waals surface area contributed by atoms with E-state index in [9.17, 15) is 0 Å². The van der Waals surface area contributed by atoms with Crippen molar-refractivity contribution in [2.75, 3.05) is 13.7 Å². The van der Waals surface area contributed by atoms with Crippen molar-refractivity contribution in [2.45, 2.75) is 19.6 Å². The van der Waals surface area contributed by atoms with Crippen molar-refractivity contribution in [3.05, 3.63) is 60.2 Å². The monoisotopic (exact) mass is 272 g/mol. The molecule has 0 aliphatic heterocycles. The van der Waals surface area contributed by atoms with E-state index in [1.54, 1.807) is 7.11 Å². The predicted molar refractivity (Wildman–Crippen MR) is 79.2 cm³/mol. The minimum absolute atomic E-state index is 0.0179. The van der Waals surface area contributed by atoms with Crippen LogP contribution in [-0.4, -0.2) is 19.8 Å². The molecule has 2 aromatic rings. The van der Waals surface area contributed by atoms with Gasteiger partial charge in [-0.15, -0.1) is 0 Å². The summed E-state index contributed by atoms with van der Waals surface area (Å²) in [6, 6.07) is 17.8. The molecule has 0 unspecified atom stereocenters. The summed E-state index contributed by atoms with van der Waals surface area (Å²) >= 11 is 0. The standard InChI is InChI=1S/C17H20O3/c1-14(12-18-2)20-17-10-6-9-16(11-17)19-13-15-7-4-3-5-8-15/h3-11,14H,12-13H2,1-2H3/t14-/m0/s1. The quantitative estimate of drug-likeness (QED) is 0.769.